The Labute approximate surface area is 94.8 Å². The van der Waals surface area contributed by atoms with E-state index in [9.17, 15) is 9.18 Å². The van der Waals surface area contributed by atoms with Gasteiger partial charge in [-0.05, 0) is 6.92 Å². The Bertz CT molecular complexity index is 309. The van der Waals surface area contributed by atoms with Crippen molar-refractivity contribution in [1.82, 2.24) is 0 Å². The second-order valence-electron chi connectivity index (χ2n) is 4.90. The second-order valence-corrected chi connectivity index (χ2v) is 4.90. The molecule has 0 saturated heterocycles. The van der Waals surface area contributed by atoms with Gasteiger partial charge in [0.05, 0.1) is 12.3 Å². The Morgan fingerprint density at radius 3 is 2.62 bits per heavy atom. The lowest BCUT2D eigenvalue weighted by molar-refractivity contribution is -0.170. The monoisotopic (exact) mass is 231 g/mol. The summed E-state index contributed by atoms with van der Waals surface area (Å²) >= 11 is 0. The van der Waals surface area contributed by atoms with Crippen LogP contribution in [0.4, 0.5) is 4.39 Å². The largest absolute Gasteiger partial charge is 0.463 e. The van der Waals surface area contributed by atoms with E-state index in [1.165, 1.54) is 0 Å². The number of hydrogen-bond donors (Lipinski definition) is 0. The van der Waals surface area contributed by atoms with E-state index in [2.05, 4.69) is 5.16 Å². The number of halogens is 1. The topological polar surface area (TPSA) is 47.9 Å². The van der Waals surface area contributed by atoms with E-state index < -0.39 is 18.2 Å². The molecule has 0 radical (unpaired) electrons. The first-order valence-corrected chi connectivity index (χ1v) is 5.34. The minimum Gasteiger partial charge on any atom is -0.463 e. The molecule has 1 aliphatic heterocycles. The fourth-order valence-corrected chi connectivity index (χ4v) is 1.38. The molecule has 1 unspecified atom stereocenters. The van der Waals surface area contributed by atoms with Crippen molar-refractivity contribution in [1.29, 1.82) is 0 Å². The SMILES string of the molecule is CCOC(=O)C1(CF)CC(C(C)(C)C)=NO1. The average molecular weight is 231 g/mol. The van der Waals surface area contributed by atoms with Crippen LogP contribution in [0.3, 0.4) is 0 Å². The van der Waals surface area contributed by atoms with Crippen molar-refractivity contribution in [2.24, 2.45) is 10.6 Å². The number of oxime groups is 1. The molecule has 1 rings (SSSR count). The molecule has 92 valence electrons. The standard InChI is InChI=1S/C11H18FNO3/c1-5-15-9(14)11(7-12)6-8(13-16-11)10(2,3)4/h5-7H2,1-4H3. The molecule has 0 aromatic rings. The molecule has 0 amide bonds. The Morgan fingerprint density at radius 1 is 1.62 bits per heavy atom. The highest BCUT2D eigenvalue weighted by molar-refractivity contribution is 5.96. The zero-order valence-corrected chi connectivity index (χ0v) is 10.2. The van der Waals surface area contributed by atoms with Crippen molar-refractivity contribution >= 4 is 11.7 Å². The third kappa shape index (κ3) is 2.33. The zero-order valence-electron chi connectivity index (χ0n) is 10.2. The summed E-state index contributed by atoms with van der Waals surface area (Å²) in [5.74, 6) is -0.680. The van der Waals surface area contributed by atoms with Gasteiger partial charge in [-0.1, -0.05) is 25.9 Å². The molecule has 0 saturated carbocycles. The van der Waals surface area contributed by atoms with Crippen LogP contribution in [-0.2, 0) is 14.4 Å². The summed E-state index contributed by atoms with van der Waals surface area (Å²) in [6.45, 7) is 6.77. The zero-order chi connectivity index (χ0) is 12.4. The maximum absolute atomic E-state index is 13.0. The van der Waals surface area contributed by atoms with Gasteiger partial charge in [-0.25, -0.2) is 9.18 Å². The Kier molecular flexibility index (Phi) is 3.55. The normalized spacial score (nSPS) is 24.9. The molecule has 0 bridgehead atoms. The van der Waals surface area contributed by atoms with Crippen molar-refractivity contribution in [2.75, 3.05) is 13.3 Å². The van der Waals surface area contributed by atoms with E-state index in [-0.39, 0.29) is 18.4 Å². The number of nitrogens with zero attached hydrogens (tertiary/aromatic N) is 1. The van der Waals surface area contributed by atoms with Gasteiger partial charge < -0.3 is 9.57 Å². The Balaban J connectivity index is 2.79. The van der Waals surface area contributed by atoms with Gasteiger partial charge in [-0.15, -0.1) is 0 Å². The number of alkyl halides is 1. The van der Waals surface area contributed by atoms with Gasteiger partial charge in [-0.2, -0.15) is 0 Å². The quantitative estimate of drug-likeness (QED) is 0.699. The summed E-state index contributed by atoms with van der Waals surface area (Å²) in [4.78, 5) is 16.6. The molecule has 1 heterocycles. The van der Waals surface area contributed by atoms with Crippen LogP contribution in [0.5, 0.6) is 0 Å². The van der Waals surface area contributed by atoms with Gasteiger partial charge in [0.2, 0.25) is 0 Å². The third-order valence-corrected chi connectivity index (χ3v) is 2.51. The molecule has 5 heteroatoms. The summed E-state index contributed by atoms with van der Waals surface area (Å²) in [5.41, 5.74) is -1.11. The predicted molar refractivity (Wildman–Crippen MR) is 57.9 cm³/mol. The van der Waals surface area contributed by atoms with Gasteiger partial charge >= 0.3 is 5.97 Å². The van der Waals surface area contributed by atoms with Gasteiger partial charge in [0.1, 0.15) is 6.67 Å². The van der Waals surface area contributed by atoms with E-state index in [0.29, 0.717) is 5.71 Å². The molecule has 0 aliphatic carbocycles. The predicted octanol–water partition coefficient (Wildman–Crippen LogP) is 2.08. The van der Waals surface area contributed by atoms with Crippen LogP contribution in [0.15, 0.2) is 5.16 Å². The lowest BCUT2D eigenvalue weighted by Crippen LogP contribution is -2.43. The highest BCUT2D eigenvalue weighted by Crippen LogP contribution is 2.33. The lowest BCUT2D eigenvalue weighted by atomic mass is 9.84. The molecule has 1 atom stereocenters. The smallest absolute Gasteiger partial charge is 0.356 e. The maximum atomic E-state index is 13.0. The van der Waals surface area contributed by atoms with Gasteiger partial charge in [-0.3, -0.25) is 0 Å². The minimum atomic E-state index is -1.56. The fraction of sp³-hybridized carbons (Fsp3) is 0.818. The first-order chi connectivity index (χ1) is 7.35. The van der Waals surface area contributed by atoms with Crippen LogP contribution in [0.1, 0.15) is 34.1 Å². The number of carbonyl (C=O) groups is 1. The highest BCUT2D eigenvalue weighted by atomic mass is 19.1. The molecule has 0 aromatic heterocycles. The number of carbonyl (C=O) groups excluding carboxylic acids is 1. The average Bonchev–Trinajstić information content (AvgIpc) is 2.63. The fourth-order valence-electron chi connectivity index (χ4n) is 1.38. The van der Waals surface area contributed by atoms with E-state index in [4.69, 9.17) is 9.57 Å². The van der Waals surface area contributed by atoms with E-state index in [1.807, 2.05) is 20.8 Å². The van der Waals surface area contributed by atoms with Gasteiger partial charge in [0.15, 0.2) is 0 Å². The van der Waals surface area contributed by atoms with Gasteiger partial charge in [0.25, 0.3) is 5.60 Å². The van der Waals surface area contributed by atoms with E-state index >= 15 is 0 Å². The van der Waals surface area contributed by atoms with Gasteiger partial charge in [0, 0.05) is 11.8 Å². The maximum Gasteiger partial charge on any atom is 0.356 e. The minimum absolute atomic E-state index is 0.159. The molecular weight excluding hydrogens is 213 g/mol. The number of hydrogen-bond acceptors (Lipinski definition) is 4. The molecular formula is C11H18FNO3. The summed E-state index contributed by atoms with van der Waals surface area (Å²) in [7, 11) is 0. The van der Waals surface area contributed by atoms with Crippen molar-refractivity contribution in [2.45, 2.75) is 39.7 Å². The van der Waals surface area contributed by atoms with Crippen LogP contribution in [0, 0.1) is 5.41 Å². The molecule has 0 N–H and O–H groups in total. The second kappa shape index (κ2) is 4.39. The van der Waals surface area contributed by atoms with Crippen LogP contribution in [0.2, 0.25) is 0 Å². The van der Waals surface area contributed by atoms with Crippen molar-refractivity contribution < 1.29 is 18.8 Å². The van der Waals surface area contributed by atoms with Crippen molar-refractivity contribution in [3.05, 3.63) is 0 Å². The third-order valence-electron chi connectivity index (χ3n) is 2.51. The van der Waals surface area contributed by atoms with E-state index in [0.717, 1.165) is 0 Å². The lowest BCUT2D eigenvalue weighted by Gasteiger charge is -2.22. The Hall–Kier alpha value is -1.13. The summed E-state index contributed by atoms with van der Waals surface area (Å²) < 4.78 is 17.8. The molecule has 16 heavy (non-hydrogen) atoms. The number of esters is 1. The van der Waals surface area contributed by atoms with Crippen LogP contribution < -0.4 is 0 Å². The number of ether oxygens (including phenoxy) is 1. The Morgan fingerprint density at radius 2 is 2.25 bits per heavy atom. The molecule has 1 aliphatic rings. The summed E-state index contributed by atoms with van der Waals surface area (Å²) in [6.07, 6.45) is 0.159. The molecule has 0 spiro atoms. The molecule has 4 nitrogen and oxygen atoms in total. The molecule has 0 aromatic carbocycles. The summed E-state index contributed by atoms with van der Waals surface area (Å²) in [6, 6.07) is 0. The van der Waals surface area contributed by atoms with Crippen molar-refractivity contribution in [3.63, 3.8) is 0 Å². The van der Waals surface area contributed by atoms with E-state index in [1.54, 1.807) is 6.92 Å². The first kappa shape index (κ1) is 12.9. The first-order valence-electron chi connectivity index (χ1n) is 5.34. The summed E-state index contributed by atoms with van der Waals surface area (Å²) in [5, 5.41) is 3.81. The van der Waals surface area contributed by atoms with Crippen molar-refractivity contribution in [3.8, 4) is 0 Å². The van der Waals surface area contributed by atoms with Crippen LogP contribution >= 0.6 is 0 Å². The highest BCUT2D eigenvalue weighted by Gasteiger charge is 2.50. The van der Waals surface area contributed by atoms with Crippen LogP contribution in [-0.4, -0.2) is 30.6 Å². The number of rotatable bonds is 3. The van der Waals surface area contributed by atoms with Crippen LogP contribution in [0.25, 0.3) is 0 Å². The molecule has 0 fully saturated rings.